The lowest BCUT2D eigenvalue weighted by molar-refractivity contribution is 1.36. The quantitative estimate of drug-likeness (QED) is 0.496. The van der Waals surface area contributed by atoms with Gasteiger partial charge in [0.25, 0.3) is 0 Å². The molecule has 0 amide bonds. The summed E-state index contributed by atoms with van der Waals surface area (Å²) < 4.78 is 0. The predicted molar refractivity (Wildman–Crippen MR) is 55.9 cm³/mol. The minimum atomic E-state index is 1.00. The van der Waals surface area contributed by atoms with Gasteiger partial charge in [0.2, 0.25) is 0 Å². The Balaban J connectivity index is 2.61. The zero-order valence-corrected chi connectivity index (χ0v) is 7.44. The summed E-state index contributed by atoms with van der Waals surface area (Å²) in [7, 11) is 0. The third-order valence-corrected chi connectivity index (χ3v) is 2.34. The molecule has 0 aliphatic carbocycles. The summed E-state index contributed by atoms with van der Waals surface area (Å²) in [6.07, 6.45) is 5.35. The van der Waals surface area contributed by atoms with E-state index in [9.17, 15) is 0 Å². The van der Waals surface area contributed by atoms with E-state index in [4.69, 9.17) is 0 Å². The van der Waals surface area contributed by atoms with Crippen molar-refractivity contribution in [3.63, 3.8) is 0 Å². The van der Waals surface area contributed by atoms with Gasteiger partial charge in [-0.25, -0.2) is 0 Å². The number of rotatable bonds is 0. The van der Waals surface area contributed by atoms with Gasteiger partial charge in [-0.3, -0.25) is 9.97 Å². The second-order valence-corrected chi connectivity index (χ2v) is 3.16. The molecular weight excluding hydrogens is 172 g/mol. The van der Waals surface area contributed by atoms with Crippen molar-refractivity contribution in [2.75, 3.05) is 0 Å². The van der Waals surface area contributed by atoms with E-state index < -0.39 is 0 Å². The van der Waals surface area contributed by atoms with Crippen LogP contribution in [0.15, 0.2) is 42.9 Å². The highest BCUT2D eigenvalue weighted by Crippen LogP contribution is 2.22. The molecule has 2 aromatic heterocycles. The summed E-state index contributed by atoms with van der Waals surface area (Å²) in [5.41, 5.74) is 1.00. The average Bonchev–Trinajstić information content (AvgIpc) is 2.29. The molecule has 2 heterocycles. The van der Waals surface area contributed by atoms with Gasteiger partial charge in [-0.15, -0.1) is 0 Å². The van der Waals surface area contributed by atoms with Gasteiger partial charge in [-0.1, -0.05) is 6.07 Å². The second kappa shape index (κ2) is 2.77. The number of nitrogens with zero attached hydrogens (tertiary/aromatic N) is 2. The average molecular weight is 179 g/mol. The first-order chi connectivity index (χ1) is 6.95. The largest absolute Gasteiger partial charge is 0.264 e. The standard InChI is InChI=1S/C12H7N2/c1-2-11-10-5-7-13-8-9(10)3-4-12(11)14-6-1/h2-8H. The van der Waals surface area contributed by atoms with Crippen molar-refractivity contribution in [1.29, 1.82) is 0 Å². The van der Waals surface area contributed by atoms with E-state index in [2.05, 4.69) is 16.0 Å². The SMILES string of the molecule is [c]1cnc2ccc3cnccc3c2c1. The molecule has 0 fully saturated rings. The topological polar surface area (TPSA) is 25.8 Å². The van der Waals surface area contributed by atoms with Crippen molar-refractivity contribution < 1.29 is 0 Å². The molecule has 0 spiro atoms. The smallest absolute Gasteiger partial charge is 0.0708 e. The van der Waals surface area contributed by atoms with E-state index in [0.29, 0.717) is 0 Å². The molecule has 0 saturated heterocycles. The third-order valence-electron chi connectivity index (χ3n) is 2.34. The first-order valence-electron chi connectivity index (χ1n) is 4.44. The van der Waals surface area contributed by atoms with Crippen molar-refractivity contribution in [3.05, 3.63) is 48.9 Å². The highest BCUT2D eigenvalue weighted by molar-refractivity contribution is 6.05. The Morgan fingerprint density at radius 1 is 1.07 bits per heavy atom. The minimum absolute atomic E-state index is 1.00. The molecule has 3 aromatic rings. The molecule has 1 aromatic carbocycles. The summed E-state index contributed by atoms with van der Waals surface area (Å²) in [4.78, 5) is 8.34. The van der Waals surface area contributed by atoms with Gasteiger partial charge in [0.15, 0.2) is 0 Å². The van der Waals surface area contributed by atoms with Gasteiger partial charge in [0, 0.05) is 35.4 Å². The summed E-state index contributed by atoms with van der Waals surface area (Å²) in [5.74, 6) is 0. The Morgan fingerprint density at radius 3 is 3.07 bits per heavy atom. The maximum atomic E-state index is 4.26. The van der Waals surface area contributed by atoms with Crippen molar-refractivity contribution in [2.45, 2.75) is 0 Å². The number of hydrogen-bond donors (Lipinski definition) is 0. The second-order valence-electron chi connectivity index (χ2n) is 3.16. The van der Waals surface area contributed by atoms with Gasteiger partial charge in [-0.05, 0) is 23.6 Å². The first-order valence-corrected chi connectivity index (χ1v) is 4.44. The van der Waals surface area contributed by atoms with Crippen molar-refractivity contribution >= 4 is 21.7 Å². The molecule has 2 heteroatoms. The Kier molecular flexibility index (Phi) is 1.47. The number of hydrogen-bond acceptors (Lipinski definition) is 2. The fourth-order valence-electron chi connectivity index (χ4n) is 1.67. The van der Waals surface area contributed by atoms with Crippen LogP contribution in [0.25, 0.3) is 21.7 Å². The van der Waals surface area contributed by atoms with E-state index in [1.54, 1.807) is 12.4 Å². The summed E-state index contributed by atoms with van der Waals surface area (Å²) in [6.45, 7) is 0. The molecule has 2 nitrogen and oxygen atoms in total. The fourth-order valence-corrected chi connectivity index (χ4v) is 1.67. The number of fused-ring (bicyclic) bond motifs is 3. The van der Waals surface area contributed by atoms with Gasteiger partial charge in [0.05, 0.1) is 5.52 Å². The first kappa shape index (κ1) is 7.44. The number of benzene rings is 1. The zero-order chi connectivity index (χ0) is 9.38. The molecular formula is C12H7N2. The van der Waals surface area contributed by atoms with Crippen LogP contribution >= 0.6 is 0 Å². The Morgan fingerprint density at radius 2 is 2.07 bits per heavy atom. The normalized spacial score (nSPS) is 10.9. The number of pyridine rings is 2. The van der Waals surface area contributed by atoms with Crippen LogP contribution in [0.3, 0.4) is 0 Å². The van der Waals surface area contributed by atoms with Crippen LogP contribution in [-0.4, -0.2) is 9.97 Å². The Hall–Kier alpha value is -1.96. The van der Waals surface area contributed by atoms with Crippen LogP contribution in [-0.2, 0) is 0 Å². The summed E-state index contributed by atoms with van der Waals surface area (Å²) >= 11 is 0. The van der Waals surface area contributed by atoms with E-state index in [-0.39, 0.29) is 0 Å². The minimum Gasteiger partial charge on any atom is -0.264 e. The van der Waals surface area contributed by atoms with Crippen molar-refractivity contribution in [3.8, 4) is 0 Å². The van der Waals surface area contributed by atoms with Crippen LogP contribution in [0.5, 0.6) is 0 Å². The van der Waals surface area contributed by atoms with Crippen LogP contribution in [0, 0.1) is 6.07 Å². The lowest BCUT2D eigenvalue weighted by Crippen LogP contribution is -1.81. The van der Waals surface area contributed by atoms with E-state index >= 15 is 0 Å². The fraction of sp³-hybridized carbons (Fsp3) is 0. The van der Waals surface area contributed by atoms with E-state index in [1.807, 2.05) is 30.5 Å². The van der Waals surface area contributed by atoms with Crippen LogP contribution < -0.4 is 0 Å². The molecule has 0 aliphatic heterocycles. The van der Waals surface area contributed by atoms with Crippen molar-refractivity contribution in [2.24, 2.45) is 0 Å². The van der Waals surface area contributed by atoms with Crippen LogP contribution in [0.4, 0.5) is 0 Å². The molecule has 0 aliphatic rings. The molecule has 0 saturated carbocycles. The lowest BCUT2D eigenvalue weighted by atomic mass is 10.1. The van der Waals surface area contributed by atoms with E-state index in [0.717, 1.165) is 16.3 Å². The van der Waals surface area contributed by atoms with Crippen LogP contribution in [0.1, 0.15) is 0 Å². The third kappa shape index (κ3) is 0.973. The molecule has 0 atom stereocenters. The molecule has 1 radical (unpaired) electrons. The van der Waals surface area contributed by atoms with Gasteiger partial charge in [-0.2, -0.15) is 0 Å². The highest BCUT2D eigenvalue weighted by Gasteiger charge is 1.99. The highest BCUT2D eigenvalue weighted by atomic mass is 14.6. The van der Waals surface area contributed by atoms with Gasteiger partial charge < -0.3 is 0 Å². The molecule has 0 unspecified atom stereocenters. The molecule has 3 rings (SSSR count). The maximum Gasteiger partial charge on any atom is 0.0708 e. The molecule has 0 bridgehead atoms. The van der Waals surface area contributed by atoms with Gasteiger partial charge in [0.1, 0.15) is 0 Å². The van der Waals surface area contributed by atoms with Gasteiger partial charge >= 0.3 is 0 Å². The number of aromatic nitrogens is 2. The van der Waals surface area contributed by atoms with Crippen LogP contribution in [0.2, 0.25) is 0 Å². The monoisotopic (exact) mass is 179 g/mol. The maximum absolute atomic E-state index is 4.26. The summed E-state index contributed by atoms with van der Waals surface area (Å²) in [6, 6.07) is 11.0. The predicted octanol–water partition coefficient (Wildman–Crippen LogP) is 2.58. The molecule has 14 heavy (non-hydrogen) atoms. The zero-order valence-electron chi connectivity index (χ0n) is 7.44. The summed E-state index contributed by atoms with van der Waals surface area (Å²) in [5, 5.41) is 3.45. The van der Waals surface area contributed by atoms with E-state index in [1.165, 1.54) is 5.39 Å². The molecule has 65 valence electrons. The Bertz CT molecular complexity index is 547. The Labute approximate surface area is 81.2 Å². The lowest BCUT2D eigenvalue weighted by Gasteiger charge is -2.00. The van der Waals surface area contributed by atoms with Crippen molar-refractivity contribution in [1.82, 2.24) is 9.97 Å². The molecule has 0 N–H and O–H groups in total.